The highest BCUT2D eigenvalue weighted by molar-refractivity contribution is 9.10. The second-order valence-electron chi connectivity index (χ2n) is 7.73. The highest BCUT2D eigenvalue weighted by Gasteiger charge is 2.79. The predicted molar refractivity (Wildman–Crippen MR) is 109 cm³/mol. The van der Waals surface area contributed by atoms with Crippen LogP contribution in [0.5, 0.6) is 0 Å². The zero-order valence-corrected chi connectivity index (χ0v) is 18.1. The Morgan fingerprint density at radius 3 is 2.28 bits per heavy atom. The van der Waals surface area contributed by atoms with Crippen molar-refractivity contribution in [2.45, 2.75) is 57.8 Å². The minimum atomic E-state index is -1.81. The monoisotopic (exact) mass is 454 g/mol. The molecule has 4 atom stereocenters. The highest BCUT2D eigenvalue weighted by Crippen LogP contribution is 2.66. The molecule has 2 saturated heterocycles. The second-order valence-corrected chi connectivity index (χ2v) is 8.65. The van der Waals surface area contributed by atoms with Gasteiger partial charge in [-0.2, -0.15) is 15.8 Å². The summed E-state index contributed by atoms with van der Waals surface area (Å²) in [5.74, 6) is -2.45. The zero-order valence-electron chi connectivity index (χ0n) is 16.5. The van der Waals surface area contributed by atoms with Crippen molar-refractivity contribution in [2.75, 3.05) is 0 Å². The summed E-state index contributed by atoms with van der Waals surface area (Å²) in [6.45, 7) is 3.83. The Kier molecular flexibility index (Phi) is 5.72. The molecule has 2 heterocycles. The molecular formula is C22H23BrN4O2. The number of halogens is 1. The molecule has 4 unspecified atom stereocenters. The van der Waals surface area contributed by atoms with Crippen LogP contribution in [0, 0.1) is 56.2 Å². The second kappa shape index (κ2) is 7.79. The minimum Gasteiger partial charge on any atom is -0.443 e. The molecule has 2 aliphatic rings. The summed E-state index contributed by atoms with van der Waals surface area (Å²) in [5, 5.41) is 38.9. The molecule has 1 aromatic carbocycles. The van der Waals surface area contributed by atoms with Crippen LogP contribution in [-0.4, -0.2) is 12.0 Å². The summed E-state index contributed by atoms with van der Waals surface area (Å²) < 4.78 is 13.2. The number of rotatable bonds is 6. The van der Waals surface area contributed by atoms with Gasteiger partial charge in [0.2, 0.25) is 11.7 Å². The summed E-state index contributed by atoms with van der Waals surface area (Å²) in [6, 6.07) is 13.6. The third-order valence-corrected chi connectivity index (χ3v) is 6.88. The molecule has 0 aromatic heterocycles. The smallest absolute Gasteiger partial charge is 0.243 e. The van der Waals surface area contributed by atoms with Crippen molar-refractivity contribution < 1.29 is 9.47 Å². The van der Waals surface area contributed by atoms with Gasteiger partial charge < -0.3 is 9.47 Å². The standard InChI is InChI=1S/C22H23BrN4O2/c1-3-4-5-6-7-18-20(12-24,13-25)21(14-26)15(2)22(28-18,29-19(21)27)16-8-10-17(23)11-9-16/h8-11,15,18,27H,3-7H2,1-2H3. The van der Waals surface area contributed by atoms with Crippen molar-refractivity contribution in [1.82, 2.24) is 0 Å². The van der Waals surface area contributed by atoms with E-state index in [0.29, 0.717) is 12.0 Å². The Morgan fingerprint density at radius 1 is 1.07 bits per heavy atom. The maximum absolute atomic E-state index is 10.2. The van der Waals surface area contributed by atoms with E-state index in [4.69, 9.17) is 14.9 Å². The van der Waals surface area contributed by atoms with Gasteiger partial charge in [0.25, 0.3) is 0 Å². The third kappa shape index (κ3) is 2.78. The van der Waals surface area contributed by atoms with E-state index in [9.17, 15) is 15.8 Å². The molecule has 0 spiro atoms. The van der Waals surface area contributed by atoms with E-state index in [1.165, 1.54) is 0 Å². The number of nitrogens with one attached hydrogen (secondary N) is 1. The van der Waals surface area contributed by atoms with Crippen molar-refractivity contribution in [2.24, 2.45) is 16.7 Å². The van der Waals surface area contributed by atoms with Crippen molar-refractivity contribution in [1.29, 1.82) is 21.2 Å². The highest BCUT2D eigenvalue weighted by atomic mass is 79.9. The van der Waals surface area contributed by atoms with Crippen LogP contribution < -0.4 is 0 Å². The lowest BCUT2D eigenvalue weighted by molar-refractivity contribution is -0.286. The van der Waals surface area contributed by atoms with Crippen LogP contribution in [0.25, 0.3) is 0 Å². The van der Waals surface area contributed by atoms with Gasteiger partial charge in [0.1, 0.15) is 0 Å². The predicted octanol–water partition coefficient (Wildman–Crippen LogP) is 5.16. The number of ether oxygens (including phenoxy) is 2. The Labute approximate surface area is 179 Å². The van der Waals surface area contributed by atoms with Crippen LogP contribution >= 0.6 is 15.9 Å². The lowest BCUT2D eigenvalue weighted by atomic mass is 9.53. The van der Waals surface area contributed by atoms with Gasteiger partial charge in [0.05, 0.1) is 30.2 Å². The van der Waals surface area contributed by atoms with E-state index in [1.807, 2.05) is 24.3 Å². The van der Waals surface area contributed by atoms with Crippen LogP contribution in [0.2, 0.25) is 0 Å². The first-order valence-electron chi connectivity index (χ1n) is 9.84. The summed E-state index contributed by atoms with van der Waals surface area (Å²) in [7, 11) is 0. The number of hydrogen-bond donors (Lipinski definition) is 1. The quantitative estimate of drug-likeness (QED) is 0.596. The van der Waals surface area contributed by atoms with E-state index >= 15 is 0 Å². The van der Waals surface area contributed by atoms with E-state index in [2.05, 4.69) is 41.1 Å². The first-order chi connectivity index (χ1) is 13.9. The molecule has 2 bridgehead atoms. The topological polar surface area (TPSA) is 114 Å². The van der Waals surface area contributed by atoms with E-state index in [-0.39, 0.29) is 5.90 Å². The molecule has 1 N–H and O–H groups in total. The fourth-order valence-electron chi connectivity index (χ4n) is 4.67. The fraction of sp³-hybridized carbons (Fsp3) is 0.545. The van der Waals surface area contributed by atoms with Gasteiger partial charge in [-0.15, -0.1) is 0 Å². The molecule has 1 aromatic rings. The molecule has 3 rings (SSSR count). The fourth-order valence-corrected chi connectivity index (χ4v) is 4.94. The first-order valence-corrected chi connectivity index (χ1v) is 10.6. The number of hydrogen-bond acceptors (Lipinski definition) is 6. The Balaban J connectivity index is 2.15. The van der Waals surface area contributed by atoms with Gasteiger partial charge in [0.15, 0.2) is 10.8 Å². The Hall–Kier alpha value is -2.40. The third-order valence-electron chi connectivity index (χ3n) is 6.35. The number of fused-ring (bicyclic) bond motifs is 2. The number of nitriles is 3. The maximum Gasteiger partial charge on any atom is 0.243 e. The van der Waals surface area contributed by atoms with Gasteiger partial charge in [-0.3, -0.25) is 5.41 Å². The molecule has 0 radical (unpaired) electrons. The van der Waals surface area contributed by atoms with Crippen LogP contribution in [0.4, 0.5) is 0 Å². The normalized spacial score (nSPS) is 31.9. The van der Waals surface area contributed by atoms with Crippen LogP contribution in [0.3, 0.4) is 0 Å². The van der Waals surface area contributed by atoms with E-state index < -0.39 is 28.6 Å². The van der Waals surface area contributed by atoms with Gasteiger partial charge in [-0.25, -0.2) is 0 Å². The van der Waals surface area contributed by atoms with Crippen LogP contribution in [0.15, 0.2) is 28.7 Å². The van der Waals surface area contributed by atoms with Crippen molar-refractivity contribution >= 4 is 21.8 Å². The van der Waals surface area contributed by atoms with E-state index in [1.54, 1.807) is 6.92 Å². The van der Waals surface area contributed by atoms with E-state index in [0.717, 1.165) is 30.2 Å². The lowest BCUT2D eigenvalue weighted by Gasteiger charge is -2.48. The average Bonchev–Trinajstić information content (AvgIpc) is 2.89. The van der Waals surface area contributed by atoms with Gasteiger partial charge in [-0.1, -0.05) is 67.6 Å². The SMILES string of the molecule is CCCCCCC1OC2(c3ccc(Br)cc3)OC(=N)C(C#N)(C2C)C1(C#N)C#N. The summed E-state index contributed by atoms with van der Waals surface area (Å²) in [4.78, 5) is 0. The maximum atomic E-state index is 10.2. The van der Waals surface area contributed by atoms with Crippen molar-refractivity contribution in [3.63, 3.8) is 0 Å². The van der Waals surface area contributed by atoms with Gasteiger partial charge >= 0.3 is 0 Å². The molecule has 2 fully saturated rings. The average molecular weight is 455 g/mol. The Morgan fingerprint density at radius 2 is 1.72 bits per heavy atom. The molecule has 29 heavy (non-hydrogen) atoms. The molecular weight excluding hydrogens is 432 g/mol. The summed E-state index contributed by atoms with van der Waals surface area (Å²) in [6.07, 6.45) is 3.43. The van der Waals surface area contributed by atoms with Gasteiger partial charge in [0, 0.05) is 10.0 Å². The van der Waals surface area contributed by atoms with Gasteiger partial charge in [-0.05, 0) is 18.6 Å². The Bertz CT molecular complexity index is 912. The number of unbranched alkanes of at least 4 members (excludes halogenated alkanes) is 3. The first kappa shape index (κ1) is 21.3. The molecule has 150 valence electrons. The molecule has 2 aliphatic heterocycles. The zero-order chi connectivity index (χ0) is 21.3. The number of nitrogens with zero attached hydrogens (tertiary/aromatic N) is 3. The van der Waals surface area contributed by atoms with Crippen LogP contribution in [0.1, 0.15) is 51.5 Å². The minimum absolute atomic E-state index is 0.366. The molecule has 0 amide bonds. The summed E-state index contributed by atoms with van der Waals surface area (Å²) in [5.41, 5.74) is -2.84. The van der Waals surface area contributed by atoms with Crippen molar-refractivity contribution in [3.05, 3.63) is 34.3 Å². The number of benzene rings is 1. The summed E-state index contributed by atoms with van der Waals surface area (Å²) >= 11 is 3.41. The largest absolute Gasteiger partial charge is 0.443 e. The molecule has 0 aliphatic carbocycles. The molecule has 6 nitrogen and oxygen atoms in total. The van der Waals surface area contributed by atoms with Crippen molar-refractivity contribution in [3.8, 4) is 18.2 Å². The molecule has 0 saturated carbocycles. The lowest BCUT2D eigenvalue weighted by Crippen LogP contribution is -2.60. The molecule has 7 heteroatoms. The van der Waals surface area contributed by atoms with Crippen LogP contribution in [-0.2, 0) is 15.3 Å².